The molecule has 7 heavy (non-hydrogen) atoms. The Bertz CT molecular complexity index is 70.1. The van der Waals surface area contributed by atoms with Crippen LogP contribution >= 0.6 is 10.5 Å². The van der Waals surface area contributed by atoms with E-state index >= 15 is 0 Å². The van der Waals surface area contributed by atoms with Crippen LogP contribution in [0.4, 0.5) is 0 Å². The quantitative estimate of drug-likeness (QED) is 0.376. The summed E-state index contributed by atoms with van der Waals surface area (Å²) in [6.07, 6.45) is 8.97. The molecule has 0 aromatic carbocycles. The molecule has 0 bridgehead atoms. The zero-order valence-electron chi connectivity index (χ0n) is 5.39. The summed E-state index contributed by atoms with van der Waals surface area (Å²) in [5.74, 6) is 0. The normalized spacial score (nSPS) is 10.6. The highest BCUT2D eigenvalue weighted by molar-refractivity contribution is 8.29. The highest BCUT2D eigenvalue weighted by atomic mass is 32.2. The number of hydrogen-bond donors (Lipinski definition) is 0. The van der Waals surface area contributed by atoms with Crippen molar-refractivity contribution in [2.24, 2.45) is 0 Å². The zero-order valence-corrected chi connectivity index (χ0v) is 7.03. The molecule has 0 aliphatic carbocycles. The highest BCUT2D eigenvalue weighted by Crippen LogP contribution is 1.97. The molecule has 0 aromatic heterocycles. The molecular weight excluding hydrogens is 124 g/mol. The van der Waals surface area contributed by atoms with Gasteiger partial charge >= 0.3 is 0 Å². The molecule has 0 amide bonds. The first-order chi connectivity index (χ1) is 3.13. The van der Waals surface area contributed by atoms with Gasteiger partial charge in [0, 0.05) is 10.9 Å². The number of rotatable bonds is 1. The maximum atomic E-state index is 2.39. The van der Waals surface area contributed by atoms with Crippen molar-refractivity contribution < 1.29 is 0 Å². The predicted octanol–water partition coefficient (Wildman–Crippen LogP) is 1.15. The Balaban J connectivity index is 3.45. The lowest BCUT2D eigenvalue weighted by molar-refractivity contribution is 2.32. The van der Waals surface area contributed by atoms with Crippen LogP contribution in [0.25, 0.3) is 0 Å². The summed E-state index contributed by atoms with van der Waals surface area (Å²) >= 11 is 0. The molecule has 0 fully saturated rings. The Hall–Kier alpha value is 0.570. The molecule has 0 radical (unpaired) electrons. The molecule has 0 N–H and O–H groups in total. The van der Waals surface area contributed by atoms with Crippen LogP contribution in [0, 0.1) is 0 Å². The Morgan fingerprint density at radius 2 is 1.71 bits per heavy atom. The maximum Gasteiger partial charge on any atom is 0.142 e. The van der Waals surface area contributed by atoms with Crippen molar-refractivity contribution in [3.8, 4) is 0 Å². The van der Waals surface area contributed by atoms with E-state index in [0.29, 0.717) is 21.4 Å². The van der Waals surface area contributed by atoms with Crippen molar-refractivity contribution in [3.63, 3.8) is 0 Å². The van der Waals surface area contributed by atoms with E-state index in [1.165, 1.54) is 0 Å². The van der Waals surface area contributed by atoms with Gasteiger partial charge in [-0.15, -0.1) is 10.5 Å². The predicted molar refractivity (Wildman–Crippen MR) is 44.7 cm³/mol. The molecule has 0 unspecified atom stereocenters. The molecule has 0 aromatic rings. The van der Waals surface area contributed by atoms with Gasteiger partial charge in [0.2, 0.25) is 0 Å². The van der Waals surface area contributed by atoms with Gasteiger partial charge in [0.1, 0.15) is 17.2 Å². The minimum atomic E-state index is 0.542. The third-order valence-electron chi connectivity index (χ3n) is 0.385. The lowest BCUT2D eigenvalue weighted by Crippen LogP contribution is -1.93. The van der Waals surface area contributed by atoms with Gasteiger partial charge in [-0.25, -0.2) is 0 Å². The van der Waals surface area contributed by atoms with Gasteiger partial charge < -0.3 is 0 Å². The third-order valence-corrected chi connectivity index (χ3v) is 3.46. The minimum absolute atomic E-state index is 0.542. The average Bonchev–Trinajstić information content (AvgIpc) is 1.27. The lowest BCUT2D eigenvalue weighted by Gasteiger charge is -1.85. The second-order valence-electron chi connectivity index (χ2n) is 1.86. The van der Waals surface area contributed by atoms with Crippen LogP contribution in [0.3, 0.4) is 0 Å². The molecule has 44 valence electrons. The molecule has 2 heteroatoms. The van der Waals surface area contributed by atoms with Crippen molar-refractivity contribution in [1.82, 2.24) is 0 Å². The van der Waals surface area contributed by atoms with Gasteiger partial charge in [-0.05, 0) is 12.5 Å². The third kappa shape index (κ3) is 6.57. The van der Waals surface area contributed by atoms with Crippen LogP contribution in [-0.4, -0.2) is 29.7 Å². The van der Waals surface area contributed by atoms with Gasteiger partial charge in [-0.2, -0.15) is 0 Å². The van der Waals surface area contributed by atoms with Crippen LogP contribution < -0.4 is 0 Å². The van der Waals surface area contributed by atoms with Gasteiger partial charge in [-0.3, -0.25) is 0 Å². The topological polar surface area (TPSA) is 0 Å². The van der Waals surface area contributed by atoms with E-state index in [9.17, 15) is 0 Å². The summed E-state index contributed by atoms with van der Waals surface area (Å²) in [6, 6.07) is 0. The molecular formula is C5H13S2+. The zero-order chi connectivity index (χ0) is 5.86. The standard InChI is InChI=1S/C5H13S2/c1-6(2)5-7(3)4/h5H,1-4H3/q+1. The summed E-state index contributed by atoms with van der Waals surface area (Å²) in [5, 5.41) is 0. The fraction of sp³-hybridized carbons (Fsp3) is 0.800. The van der Waals surface area contributed by atoms with Crippen molar-refractivity contribution >= 4 is 26.1 Å². The summed E-state index contributed by atoms with van der Waals surface area (Å²) in [7, 11) is 1.08. The van der Waals surface area contributed by atoms with E-state index in [4.69, 9.17) is 0 Å². The van der Waals surface area contributed by atoms with Crippen molar-refractivity contribution in [2.45, 2.75) is 0 Å². The Kier molecular flexibility index (Phi) is 3.85. The highest BCUT2D eigenvalue weighted by Gasteiger charge is 1.91. The van der Waals surface area contributed by atoms with Crippen molar-refractivity contribution in [3.05, 3.63) is 0 Å². The monoisotopic (exact) mass is 137 g/mol. The molecule has 0 spiro atoms. The fourth-order valence-corrected chi connectivity index (χ4v) is 3.46. The van der Waals surface area contributed by atoms with E-state index in [0.717, 1.165) is 0 Å². The lowest BCUT2D eigenvalue weighted by atomic mass is 11.8. The van der Waals surface area contributed by atoms with E-state index in [1.54, 1.807) is 0 Å². The molecule has 0 saturated carbocycles. The van der Waals surface area contributed by atoms with Gasteiger partial charge in [0.05, 0.1) is 0 Å². The smallest absolute Gasteiger partial charge is 0.142 e. The van der Waals surface area contributed by atoms with E-state index in [1.807, 2.05) is 0 Å². The first-order valence-electron chi connectivity index (χ1n) is 2.10. The van der Waals surface area contributed by atoms with Gasteiger partial charge in [0.25, 0.3) is 0 Å². The van der Waals surface area contributed by atoms with Gasteiger partial charge in [-0.1, -0.05) is 0 Å². The van der Waals surface area contributed by atoms with E-state index in [2.05, 4.69) is 29.7 Å². The second kappa shape index (κ2) is 3.56. The first kappa shape index (κ1) is 7.57. The molecule has 0 aliphatic heterocycles. The molecule has 0 rings (SSSR count). The summed E-state index contributed by atoms with van der Waals surface area (Å²) < 4.78 is 2.39. The molecule has 0 atom stereocenters. The number of hydrogen-bond acceptors (Lipinski definition) is 0. The molecule has 0 nitrogen and oxygen atoms in total. The Morgan fingerprint density at radius 1 is 1.29 bits per heavy atom. The summed E-state index contributed by atoms with van der Waals surface area (Å²) in [5.41, 5.74) is 0. The van der Waals surface area contributed by atoms with E-state index in [-0.39, 0.29) is 0 Å². The van der Waals surface area contributed by atoms with Crippen LogP contribution in [-0.2, 0) is 10.9 Å². The van der Waals surface area contributed by atoms with Crippen molar-refractivity contribution in [2.75, 3.05) is 25.0 Å². The van der Waals surface area contributed by atoms with Crippen molar-refractivity contribution in [1.29, 1.82) is 0 Å². The maximum absolute atomic E-state index is 2.39. The molecule has 0 saturated heterocycles. The van der Waals surface area contributed by atoms with E-state index < -0.39 is 0 Å². The molecule has 0 heterocycles. The fourth-order valence-electron chi connectivity index (χ4n) is 0.385. The SMILES string of the molecule is CS(C)=C[S+](C)C. The van der Waals surface area contributed by atoms with Gasteiger partial charge in [0.15, 0.2) is 0 Å². The van der Waals surface area contributed by atoms with Crippen LogP contribution in [0.15, 0.2) is 0 Å². The first-order valence-corrected chi connectivity index (χ1v) is 6.31. The summed E-state index contributed by atoms with van der Waals surface area (Å²) in [6.45, 7) is 0. The average molecular weight is 137 g/mol. The summed E-state index contributed by atoms with van der Waals surface area (Å²) in [4.78, 5) is 0. The Morgan fingerprint density at radius 3 is 1.71 bits per heavy atom. The molecule has 0 aliphatic rings. The van der Waals surface area contributed by atoms with Crippen LogP contribution in [0.5, 0.6) is 0 Å². The minimum Gasteiger partial charge on any atom is -0.146 e. The van der Waals surface area contributed by atoms with Crippen LogP contribution in [0.1, 0.15) is 0 Å². The Labute approximate surface area is 51.6 Å². The van der Waals surface area contributed by atoms with Crippen LogP contribution in [0.2, 0.25) is 0 Å². The largest absolute Gasteiger partial charge is 0.146 e. The second-order valence-corrected chi connectivity index (χ2v) is 6.14.